The van der Waals surface area contributed by atoms with E-state index in [9.17, 15) is 8.78 Å². The van der Waals surface area contributed by atoms with Crippen molar-refractivity contribution in [2.75, 3.05) is 20.8 Å². The summed E-state index contributed by atoms with van der Waals surface area (Å²) in [5.74, 6) is 1.69. The summed E-state index contributed by atoms with van der Waals surface area (Å²) in [5, 5.41) is 0.924. The number of pyridine rings is 1. The molecule has 1 aromatic carbocycles. The van der Waals surface area contributed by atoms with Crippen molar-refractivity contribution in [3.63, 3.8) is 0 Å². The summed E-state index contributed by atoms with van der Waals surface area (Å²) in [6, 6.07) is 6.98. The average Bonchev–Trinajstić information content (AvgIpc) is 3.52. The van der Waals surface area contributed by atoms with E-state index < -0.39 is 13.0 Å². The largest absolute Gasteiger partial charge is 0.485 e. The van der Waals surface area contributed by atoms with Crippen molar-refractivity contribution in [1.29, 1.82) is 0 Å². The molecule has 0 radical (unpaired) electrons. The lowest BCUT2D eigenvalue weighted by Gasteiger charge is -2.37. The average molecular weight is 468 g/mol. The number of aromatic amines is 2. The smallest absolute Gasteiger partial charge is 0.272 e. The molecule has 5 heterocycles. The number of fused-ring (bicyclic) bond motifs is 4. The Bertz CT molecular complexity index is 1340. The molecule has 4 aromatic rings. The fourth-order valence-electron chi connectivity index (χ4n) is 5.85. The first-order valence-electron chi connectivity index (χ1n) is 11.7. The van der Waals surface area contributed by atoms with Gasteiger partial charge >= 0.3 is 0 Å². The molecule has 178 valence electrons. The minimum absolute atomic E-state index is 0.258. The van der Waals surface area contributed by atoms with Gasteiger partial charge in [-0.15, -0.1) is 0 Å². The number of ether oxygens (including phenoxy) is 2. The van der Waals surface area contributed by atoms with Crippen LogP contribution in [0.3, 0.4) is 0 Å². The molecule has 2 saturated heterocycles. The molecule has 7 nitrogen and oxygen atoms in total. The van der Waals surface area contributed by atoms with Gasteiger partial charge in [0.2, 0.25) is 5.88 Å². The summed E-state index contributed by atoms with van der Waals surface area (Å²) in [6.07, 6.45) is 5.38. The number of nitrogens with zero attached hydrogens (tertiary/aromatic N) is 3. The number of aromatic nitrogens is 4. The number of hydrogen-bond donors (Lipinski definition) is 2. The molecule has 2 aliphatic heterocycles. The molecule has 2 N–H and O–H groups in total. The molecular weight excluding hydrogens is 440 g/mol. The maximum atomic E-state index is 13.2. The van der Waals surface area contributed by atoms with E-state index in [-0.39, 0.29) is 5.92 Å². The van der Waals surface area contributed by atoms with Crippen LogP contribution in [-0.2, 0) is 0 Å². The summed E-state index contributed by atoms with van der Waals surface area (Å²) >= 11 is 0. The molecule has 2 fully saturated rings. The number of hydrogen-bond acceptors (Lipinski definition) is 5. The molecule has 2 atom stereocenters. The van der Waals surface area contributed by atoms with Crippen molar-refractivity contribution in [1.82, 2.24) is 24.8 Å². The second-order valence-electron chi connectivity index (χ2n) is 9.34. The molecule has 2 aliphatic rings. The van der Waals surface area contributed by atoms with Gasteiger partial charge in [-0.3, -0.25) is 0 Å². The number of H-pyrrole nitrogens is 2. The van der Waals surface area contributed by atoms with Gasteiger partial charge < -0.3 is 24.3 Å². The van der Waals surface area contributed by atoms with Gasteiger partial charge in [0.25, 0.3) is 6.43 Å². The van der Waals surface area contributed by atoms with E-state index in [2.05, 4.69) is 26.9 Å². The fourth-order valence-corrected chi connectivity index (χ4v) is 5.85. The Morgan fingerprint density at radius 3 is 2.71 bits per heavy atom. The zero-order chi connectivity index (χ0) is 23.4. The highest BCUT2D eigenvalue weighted by Gasteiger charge is 2.40. The van der Waals surface area contributed by atoms with Crippen LogP contribution >= 0.6 is 0 Å². The minimum atomic E-state index is -2.56. The second kappa shape index (κ2) is 8.23. The van der Waals surface area contributed by atoms with Crippen LogP contribution in [0.25, 0.3) is 33.3 Å². The van der Waals surface area contributed by atoms with Crippen molar-refractivity contribution in [3.8, 4) is 23.0 Å². The topological polar surface area (TPSA) is 79.1 Å². The van der Waals surface area contributed by atoms with Crippen molar-refractivity contribution >= 4 is 21.9 Å². The molecule has 2 bridgehead atoms. The zero-order valence-electron chi connectivity index (χ0n) is 19.1. The monoisotopic (exact) mass is 467 g/mol. The van der Waals surface area contributed by atoms with E-state index in [0.29, 0.717) is 40.6 Å². The van der Waals surface area contributed by atoms with E-state index in [0.717, 1.165) is 34.8 Å². The SMILES string of the molecule is COc1ncc2cc[nH]c2c1-c1nc2c(OCC(F)F)c(C3CC4CCC(C3)N4C)ccc2[nH]1. The minimum Gasteiger partial charge on any atom is -0.485 e. The summed E-state index contributed by atoms with van der Waals surface area (Å²) in [5.41, 5.74) is 3.79. The number of benzene rings is 1. The van der Waals surface area contributed by atoms with E-state index in [1.807, 2.05) is 24.4 Å². The van der Waals surface area contributed by atoms with Crippen LogP contribution in [0.2, 0.25) is 0 Å². The first-order chi connectivity index (χ1) is 16.5. The summed E-state index contributed by atoms with van der Waals surface area (Å²) in [4.78, 5) is 18.3. The molecule has 0 saturated carbocycles. The van der Waals surface area contributed by atoms with Crippen LogP contribution < -0.4 is 9.47 Å². The molecule has 0 aliphatic carbocycles. The van der Waals surface area contributed by atoms with Crippen LogP contribution in [0.4, 0.5) is 8.78 Å². The van der Waals surface area contributed by atoms with Gasteiger partial charge in [0.05, 0.1) is 18.1 Å². The Kier molecular flexibility index (Phi) is 5.17. The molecule has 2 unspecified atom stereocenters. The maximum absolute atomic E-state index is 13.2. The van der Waals surface area contributed by atoms with Gasteiger partial charge in [0.1, 0.15) is 23.5 Å². The van der Waals surface area contributed by atoms with Crippen LogP contribution in [0, 0.1) is 0 Å². The molecule has 6 rings (SSSR count). The van der Waals surface area contributed by atoms with Crippen LogP contribution in [0.5, 0.6) is 11.6 Å². The van der Waals surface area contributed by atoms with Crippen LogP contribution in [0.15, 0.2) is 30.6 Å². The number of alkyl halides is 2. The molecule has 0 spiro atoms. The third kappa shape index (κ3) is 3.41. The Morgan fingerprint density at radius 1 is 1.18 bits per heavy atom. The highest BCUT2D eigenvalue weighted by atomic mass is 19.3. The number of methoxy groups -OCH3 is 1. The first-order valence-corrected chi connectivity index (χ1v) is 11.7. The van der Waals surface area contributed by atoms with Gasteiger partial charge in [-0.25, -0.2) is 18.7 Å². The Balaban J connectivity index is 1.48. The van der Waals surface area contributed by atoms with E-state index in [4.69, 9.17) is 14.5 Å². The lowest BCUT2D eigenvalue weighted by atomic mass is 9.84. The maximum Gasteiger partial charge on any atom is 0.272 e. The van der Waals surface area contributed by atoms with Gasteiger partial charge in [0.15, 0.2) is 5.75 Å². The molecular formula is C25H27F2N5O2. The number of halogens is 2. The van der Waals surface area contributed by atoms with Crippen LogP contribution in [0.1, 0.15) is 37.2 Å². The summed E-state index contributed by atoms with van der Waals surface area (Å²) in [6.45, 7) is -0.662. The molecule has 0 amide bonds. The molecule has 34 heavy (non-hydrogen) atoms. The van der Waals surface area contributed by atoms with Crippen LogP contribution in [-0.4, -0.2) is 64.1 Å². The number of piperidine rings is 1. The van der Waals surface area contributed by atoms with Crippen molar-refractivity contribution < 1.29 is 18.3 Å². The summed E-state index contributed by atoms with van der Waals surface area (Å²) < 4.78 is 37.7. The van der Waals surface area contributed by atoms with Crippen molar-refractivity contribution in [2.45, 2.75) is 50.1 Å². The lowest BCUT2D eigenvalue weighted by Crippen LogP contribution is -2.39. The number of rotatable bonds is 6. The molecule has 3 aromatic heterocycles. The Hall–Kier alpha value is -3.20. The highest BCUT2D eigenvalue weighted by Crippen LogP contribution is 2.46. The quantitative estimate of drug-likeness (QED) is 0.413. The lowest BCUT2D eigenvalue weighted by molar-refractivity contribution is 0.0812. The van der Waals surface area contributed by atoms with Gasteiger partial charge in [-0.05, 0) is 56.3 Å². The zero-order valence-corrected chi connectivity index (χ0v) is 19.1. The highest BCUT2D eigenvalue weighted by molar-refractivity contribution is 5.97. The van der Waals surface area contributed by atoms with E-state index >= 15 is 0 Å². The number of nitrogens with one attached hydrogen (secondary N) is 2. The third-order valence-corrected chi connectivity index (χ3v) is 7.52. The Labute approximate surface area is 195 Å². The Morgan fingerprint density at radius 2 is 1.97 bits per heavy atom. The second-order valence-corrected chi connectivity index (χ2v) is 9.34. The molecule has 9 heteroatoms. The normalized spacial score (nSPS) is 22.8. The number of imidazole rings is 1. The van der Waals surface area contributed by atoms with Crippen molar-refractivity contribution in [2.24, 2.45) is 0 Å². The first kappa shape index (κ1) is 21.3. The van der Waals surface area contributed by atoms with Gasteiger partial charge in [0, 0.05) is 29.9 Å². The van der Waals surface area contributed by atoms with Gasteiger partial charge in [-0.2, -0.15) is 0 Å². The predicted octanol–water partition coefficient (Wildman–Crippen LogP) is 5.10. The van der Waals surface area contributed by atoms with E-state index in [1.165, 1.54) is 12.8 Å². The third-order valence-electron chi connectivity index (χ3n) is 7.52. The fraction of sp³-hybridized carbons (Fsp3) is 0.440. The van der Waals surface area contributed by atoms with Gasteiger partial charge in [-0.1, -0.05) is 6.07 Å². The van der Waals surface area contributed by atoms with Crippen molar-refractivity contribution in [3.05, 3.63) is 36.2 Å². The van der Waals surface area contributed by atoms with E-state index in [1.54, 1.807) is 13.3 Å². The standard InChI is InChI=1S/C25H27F2N5O2/c1-32-15-3-4-16(32)10-14(9-15)17-5-6-18-22(23(17)34-12-19(26)27)31-24(30-18)20-21-13(7-8-28-21)11-29-25(20)33-2/h5-8,11,14-16,19,28H,3-4,9-10,12H2,1-2H3,(H,30,31). The summed E-state index contributed by atoms with van der Waals surface area (Å²) in [7, 11) is 3.76. The predicted molar refractivity (Wildman–Crippen MR) is 126 cm³/mol.